The summed E-state index contributed by atoms with van der Waals surface area (Å²) in [5.41, 5.74) is 0.591. The Morgan fingerprint density at radius 2 is 1.54 bits per heavy atom. The van der Waals surface area contributed by atoms with Crippen LogP contribution in [0, 0.1) is 5.41 Å². The number of aryl methyl sites for hydroxylation is 1. The van der Waals surface area contributed by atoms with Gasteiger partial charge < -0.3 is 13.9 Å². The van der Waals surface area contributed by atoms with Gasteiger partial charge in [0, 0.05) is 13.0 Å². The first kappa shape index (κ1) is 33.4. The van der Waals surface area contributed by atoms with Crippen LogP contribution in [0.15, 0.2) is 24.3 Å². The molecule has 5 nitrogen and oxygen atoms in total. The quantitative estimate of drug-likeness (QED) is 0.189. The van der Waals surface area contributed by atoms with E-state index >= 15 is 0 Å². The summed E-state index contributed by atoms with van der Waals surface area (Å²) in [6.45, 7) is 26.5. The second kappa shape index (κ2) is 12.9. The topological polar surface area (TPSA) is 61.8 Å². The van der Waals surface area contributed by atoms with Gasteiger partial charge in [-0.15, -0.1) is 0 Å². The Hall–Kier alpha value is -1.66. The zero-order chi connectivity index (χ0) is 28.7. The average Bonchev–Trinajstić information content (AvgIpc) is 2.74. The van der Waals surface area contributed by atoms with Gasteiger partial charge in [0.05, 0.1) is 12.0 Å². The van der Waals surface area contributed by atoms with E-state index in [1.165, 1.54) is 0 Å². The van der Waals surface area contributed by atoms with Crippen LogP contribution in [0.25, 0.3) is 0 Å². The number of hydrogen-bond acceptors (Lipinski definition) is 5. The van der Waals surface area contributed by atoms with Gasteiger partial charge in [-0.2, -0.15) is 0 Å². The van der Waals surface area contributed by atoms with Crippen LogP contribution in [0.4, 0.5) is 0 Å². The molecule has 0 aliphatic heterocycles. The molecule has 0 fully saturated rings. The molecular weight excluding hydrogens is 480 g/mol. The van der Waals surface area contributed by atoms with Crippen molar-refractivity contribution in [2.24, 2.45) is 5.41 Å². The van der Waals surface area contributed by atoms with Crippen LogP contribution in [0.5, 0.6) is 0 Å². The van der Waals surface area contributed by atoms with E-state index in [2.05, 4.69) is 53.8 Å². The molecule has 0 aliphatic rings. The van der Waals surface area contributed by atoms with Gasteiger partial charge >= 0.3 is 11.9 Å². The largest absolute Gasteiger partial charge is 0.466 e. The first-order valence-electron chi connectivity index (χ1n) is 13.8. The molecule has 6 heteroatoms. The molecule has 0 aliphatic carbocycles. The third kappa shape index (κ3) is 10.9. The third-order valence-electron chi connectivity index (χ3n) is 7.50. The van der Waals surface area contributed by atoms with Crippen LogP contribution in [-0.4, -0.2) is 39.1 Å². The lowest BCUT2D eigenvalue weighted by Gasteiger charge is -2.39. The fraction of sp³-hybridized carbons (Fsp3) is 0.742. The lowest BCUT2D eigenvalue weighted by Crippen LogP contribution is -2.43. The standard InChI is InChI=1S/C31H54O5Si/c1-13-34-26(32)19-18-24-16-14-17-25(22-24)31(10,27(33)36-28(2,3)4)21-15-20-30(8,9)23-35-37(11,12)29(5,6)7/h14,16-17,22H,13,15,18-21,23H2,1-12H3. The molecule has 1 atom stereocenters. The van der Waals surface area contributed by atoms with Crippen molar-refractivity contribution in [3.05, 3.63) is 35.4 Å². The predicted molar refractivity (Wildman–Crippen MR) is 155 cm³/mol. The molecule has 0 bridgehead atoms. The molecule has 1 rings (SSSR count). The van der Waals surface area contributed by atoms with E-state index in [1.807, 2.05) is 52.8 Å². The summed E-state index contributed by atoms with van der Waals surface area (Å²) in [4.78, 5) is 25.4. The number of carbonyl (C=O) groups excluding carboxylic acids is 2. The Bertz CT molecular complexity index is 892. The van der Waals surface area contributed by atoms with Crippen LogP contribution in [0.3, 0.4) is 0 Å². The van der Waals surface area contributed by atoms with Crippen molar-refractivity contribution in [1.29, 1.82) is 0 Å². The van der Waals surface area contributed by atoms with E-state index in [9.17, 15) is 9.59 Å². The fourth-order valence-electron chi connectivity index (χ4n) is 3.89. The summed E-state index contributed by atoms with van der Waals surface area (Å²) in [6, 6.07) is 8.02. The maximum Gasteiger partial charge on any atom is 0.316 e. The number of esters is 2. The summed E-state index contributed by atoms with van der Waals surface area (Å²) in [6.07, 6.45) is 3.39. The lowest BCUT2D eigenvalue weighted by atomic mass is 9.75. The molecular formula is C31H54O5Si. The molecule has 0 amide bonds. The highest BCUT2D eigenvalue weighted by atomic mass is 28.4. The normalized spacial score (nSPS) is 14.7. The van der Waals surface area contributed by atoms with Gasteiger partial charge in [0.25, 0.3) is 0 Å². The summed E-state index contributed by atoms with van der Waals surface area (Å²) in [5.74, 6) is -0.414. The number of rotatable bonds is 13. The summed E-state index contributed by atoms with van der Waals surface area (Å²) in [7, 11) is -1.82. The van der Waals surface area contributed by atoms with Crippen LogP contribution in [-0.2, 0) is 35.3 Å². The first-order chi connectivity index (χ1) is 16.7. The Balaban J connectivity index is 3.06. The Morgan fingerprint density at radius 1 is 0.919 bits per heavy atom. The molecule has 0 saturated heterocycles. The molecule has 0 N–H and O–H groups in total. The van der Waals surface area contributed by atoms with Gasteiger partial charge in [-0.25, -0.2) is 0 Å². The number of carbonyl (C=O) groups is 2. The molecule has 37 heavy (non-hydrogen) atoms. The van der Waals surface area contributed by atoms with E-state index in [4.69, 9.17) is 13.9 Å². The maximum atomic E-state index is 13.6. The number of benzene rings is 1. The van der Waals surface area contributed by atoms with E-state index < -0.39 is 19.3 Å². The SMILES string of the molecule is CCOC(=O)CCc1cccc(C(C)(CCCC(C)(C)CO[Si](C)(C)C(C)(C)C)C(=O)OC(C)(C)C)c1. The van der Waals surface area contributed by atoms with Crippen molar-refractivity contribution in [3.8, 4) is 0 Å². The highest BCUT2D eigenvalue weighted by molar-refractivity contribution is 6.74. The monoisotopic (exact) mass is 534 g/mol. The molecule has 0 spiro atoms. The first-order valence-corrected chi connectivity index (χ1v) is 16.8. The van der Waals surface area contributed by atoms with Crippen LogP contribution >= 0.6 is 0 Å². The summed E-state index contributed by atoms with van der Waals surface area (Å²) in [5, 5.41) is 0.177. The molecule has 1 aromatic rings. The zero-order valence-corrected chi connectivity index (χ0v) is 26.8. The van der Waals surface area contributed by atoms with Gasteiger partial charge in [-0.1, -0.05) is 65.3 Å². The van der Waals surface area contributed by atoms with E-state index in [0.29, 0.717) is 25.9 Å². The minimum atomic E-state index is -1.82. The maximum absolute atomic E-state index is 13.6. The second-order valence-corrected chi connectivity index (χ2v) is 18.7. The third-order valence-corrected chi connectivity index (χ3v) is 12.0. The van der Waals surface area contributed by atoms with Gasteiger partial charge in [0.15, 0.2) is 8.32 Å². The van der Waals surface area contributed by atoms with Crippen molar-refractivity contribution >= 4 is 20.3 Å². The minimum absolute atomic E-state index is 0.00580. The summed E-state index contributed by atoms with van der Waals surface area (Å²) >= 11 is 0. The van der Waals surface area contributed by atoms with Crippen LogP contribution in [0.1, 0.15) is 106 Å². The molecule has 0 radical (unpaired) electrons. The Morgan fingerprint density at radius 3 is 2.08 bits per heavy atom. The minimum Gasteiger partial charge on any atom is -0.466 e. The Labute approximate surface area is 228 Å². The van der Waals surface area contributed by atoms with Crippen LogP contribution < -0.4 is 0 Å². The molecule has 1 aromatic carbocycles. The second-order valence-electron chi connectivity index (χ2n) is 13.9. The lowest BCUT2D eigenvalue weighted by molar-refractivity contribution is -0.162. The van der Waals surface area contributed by atoms with Crippen molar-refractivity contribution < 1.29 is 23.5 Å². The van der Waals surface area contributed by atoms with E-state index in [-0.39, 0.29) is 22.4 Å². The average molecular weight is 535 g/mol. The highest BCUT2D eigenvalue weighted by Gasteiger charge is 2.40. The van der Waals surface area contributed by atoms with Crippen molar-refractivity contribution in [2.45, 2.75) is 130 Å². The molecule has 212 valence electrons. The molecule has 0 aromatic heterocycles. The molecule has 1 unspecified atom stereocenters. The molecule has 0 heterocycles. The van der Waals surface area contributed by atoms with Gasteiger partial charge in [-0.05, 0) is 88.6 Å². The van der Waals surface area contributed by atoms with Crippen molar-refractivity contribution in [2.75, 3.05) is 13.2 Å². The van der Waals surface area contributed by atoms with E-state index in [1.54, 1.807) is 0 Å². The summed E-state index contributed by atoms with van der Waals surface area (Å²) < 4.78 is 17.5. The molecule has 0 saturated carbocycles. The van der Waals surface area contributed by atoms with Crippen molar-refractivity contribution in [3.63, 3.8) is 0 Å². The van der Waals surface area contributed by atoms with Gasteiger partial charge in [0.1, 0.15) is 5.60 Å². The van der Waals surface area contributed by atoms with Crippen LogP contribution in [0.2, 0.25) is 18.1 Å². The number of hydrogen-bond donors (Lipinski definition) is 0. The zero-order valence-electron chi connectivity index (χ0n) is 25.8. The highest BCUT2D eigenvalue weighted by Crippen LogP contribution is 2.39. The predicted octanol–water partition coefficient (Wildman–Crippen LogP) is 8.00. The van der Waals surface area contributed by atoms with E-state index in [0.717, 1.165) is 30.6 Å². The van der Waals surface area contributed by atoms with Crippen molar-refractivity contribution in [1.82, 2.24) is 0 Å². The van der Waals surface area contributed by atoms with Gasteiger partial charge in [-0.3, -0.25) is 9.59 Å². The Kier molecular flexibility index (Phi) is 11.7. The smallest absolute Gasteiger partial charge is 0.316 e. The van der Waals surface area contributed by atoms with Gasteiger partial charge in [0.2, 0.25) is 0 Å². The fourth-order valence-corrected chi connectivity index (χ4v) is 5.07. The number of ether oxygens (including phenoxy) is 2.